The number of methoxy groups -OCH3 is 1. The van der Waals surface area contributed by atoms with Crippen molar-refractivity contribution < 1.29 is 19.1 Å². The van der Waals surface area contributed by atoms with Gasteiger partial charge in [-0.05, 0) is 63.0 Å². The van der Waals surface area contributed by atoms with Crippen molar-refractivity contribution in [2.24, 2.45) is 5.92 Å². The number of rotatable bonds is 10. The molecule has 1 fully saturated rings. The number of hydrogen-bond acceptors (Lipinski definition) is 8. The topological polar surface area (TPSA) is 117 Å². The van der Waals surface area contributed by atoms with Gasteiger partial charge in [0.15, 0.2) is 0 Å². The molecule has 0 saturated carbocycles. The quantitative estimate of drug-likeness (QED) is 0.220. The van der Waals surface area contributed by atoms with Gasteiger partial charge in [-0.25, -0.2) is 0 Å². The Bertz CT molecular complexity index is 1440. The van der Waals surface area contributed by atoms with Gasteiger partial charge < -0.3 is 20.1 Å². The van der Waals surface area contributed by atoms with Crippen LogP contribution in [0.3, 0.4) is 0 Å². The second-order valence-corrected chi connectivity index (χ2v) is 10.4. The second-order valence-electron chi connectivity index (χ2n) is 9.51. The van der Waals surface area contributed by atoms with Crippen LogP contribution in [0.2, 0.25) is 0 Å². The number of halogens is 1. The molecule has 0 aliphatic carbocycles. The van der Waals surface area contributed by atoms with Crippen LogP contribution in [0.1, 0.15) is 31.7 Å². The van der Waals surface area contributed by atoms with E-state index in [4.69, 9.17) is 9.47 Å². The molecule has 4 rings (SSSR count). The van der Waals surface area contributed by atoms with Crippen LogP contribution in [-0.4, -0.2) is 55.1 Å². The normalized spacial score (nSPS) is 14.2. The van der Waals surface area contributed by atoms with E-state index in [1.54, 1.807) is 12.1 Å². The number of hydrogen-bond donors (Lipinski definition) is 2. The van der Waals surface area contributed by atoms with Crippen molar-refractivity contribution in [2.75, 3.05) is 44.0 Å². The second kappa shape index (κ2) is 13.9. The minimum absolute atomic E-state index is 0.127. The molecule has 1 saturated heterocycles. The maximum Gasteiger partial charge on any atom is 0.306 e. The molecule has 0 atom stereocenters. The zero-order chi connectivity index (χ0) is 28.5. The molecule has 0 radical (unpaired) electrons. The number of amides is 1. The van der Waals surface area contributed by atoms with Gasteiger partial charge >= 0.3 is 5.97 Å². The molecule has 0 spiro atoms. The van der Waals surface area contributed by atoms with Gasteiger partial charge in [-0.15, -0.1) is 0 Å². The number of carbonyl (C=O) groups is 2. The lowest BCUT2D eigenvalue weighted by Gasteiger charge is -2.30. The number of fused-ring (bicyclic) bond motifs is 1. The monoisotopic (exact) mass is 605 g/mol. The Hall–Kier alpha value is -3.94. The lowest BCUT2D eigenvalue weighted by molar-refractivity contribution is -0.144. The maximum atomic E-state index is 12.8. The van der Waals surface area contributed by atoms with E-state index in [1.165, 1.54) is 19.4 Å². The highest BCUT2D eigenvalue weighted by molar-refractivity contribution is 9.10. The Kier molecular flexibility index (Phi) is 10.1. The summed E-state index contributed by atoms with van der Waals surface area (Å²) in [5.41, 5.74) is 2.85. The first kappa shape index (κ1) is 29.1. The summed E-state index contributed by atoms with van der Waals surface area (Å²) in [6, 6.07) is 13.3. The summed E-state index contributed by atoms with van der Waals surface area (Å²) < 4.78 is 11.5. The van der Waals surface area contributed by atoms with Crippen LogP contribution in [0.4, 0.5) is 17.1 Å². The Balaban J connectivity index is 1.44. The van der Waals surface area contributed by atoms with Crippen molar-refractivity contribution in [1.82, 2.24) is 9.88 Å². The van der Waals surface area contributed by atoms with Gasteiger partial charge in [-0.3, -0.25) is 19.5 Å². The highest BCUT2D eigenvalue weighted by atomic mass is 79.9. The summed E-state index contributed by atoms with van der Waals surface area (Å²) >= 11 is 3.47. The van der Waals surface area contributed by atoms with E-state index in [2.05, 4.69) is 42.5 Å². The number of ether oxygens (including phenoxy) is 2. The van der Waals surface area contributed by atoms with E-state index in [0.717, 1.165) is 36.1 Å². The van der Waals surface area contributed by atoms with Gasteiger partial charge in [0.05, 0.1) is 36.2 Å². The zero-order valence-electron chi connectivity index (χ0n) is 22.6. The molecule has 1 aliphatic heterocycles. The van der Waals surface area contributed by atoms with E-state index in [-0.39, 0.29) is 11.9 Å². The number of pyridine rings is 1. The number of piperidine rings is 1. The minimum Gasteiger partial charge on any atom is -0.494 e. The smallest absolute Gasteiger partial charge is 0.306 e. The Morgan fingerprint density at radius 3 is 2.75 bits per heavy atom. The molecule has 1 aliphatic rings. The van der Waals surface area contributed by atoms with Crippen LogP contribution in [0.25, 0.3) is 10.9 Å². The fourth-order valence-electron chi connectivity index (χ4n) is 4.73. The zero-order valence-corrected chi connectivity index (χ0v) is 24.2. The predicted molar refractivity (Wildman–Crippen MR) is 159 cm³/mol. The van der Waals surface area contributed by atoms with Crippen LogP contribution in [0.5, 0.6) is 5.75 Å². The van der Waals surface area contributed by atoms with E-state index >= 15 is 0 Å². The fourth-order valence-corrected chi connectivity index (χ4v) is 5.13. The first-order valence-electron chi connectivity index (χ1n) is 13.2. The lowest BCUT2D eigenvalue weighted by Crippen LogP contribution is -2.34. The number of esters is 1. The summed E-state index contributed by atoms with van der Waals surface area (Å²) in [5.74, 6) is 0.392. The summed E-state index contributed by atoms with van der Waals surface area (Å²) in [4.78, 5) is 31.2. The van der Waals surface area contributed by atoms with Crippen molar-refractivity contribution in [1.29, 1.82) is 5.26 Å². The molecular weight excluding hydrogens is 574 g/mol. The SMILES string of the molecule is CCOC(=O)CC1CCN(C/C=C/C(=O)Nc2cc3c(Nc4cccc(Br)c4)c(C#N)cnc3cc2OC)CC1. The predicted octanol–water partition coefficient (Wildman–Crippen LogP) is 5.78. The molecular formula is C30H32BrN5O4. The third-order valence-corrected chi connectivity index (χ3v) is 7.26. The number of nitrogens with one attached hydrogen (secondary N) is 2. The molecule has 40 heavy (non-hydrogen) atoms. The first-order valence-corrected chi connectivity index (χ1v) is 14.0. The maximum absolute atomic E-state index is 12.8. The van der Waals surface area contributed by atoms with E-state index in [1.807, 2.05) is 37.3 Å². The third kappa shape index (κ3) is 7.58. The largest absolute Gasteiger partial charge is 0.494 e. The molecule has 208 valence electrons. The number of likely N-dealkylation sites (tertiary alicyclic amines) is 1. The van der Waals surface area contributed by atoms with Gasteiger partial charge in [0, 0.05) is 46.9 Å². The Morgan fingerprint density at radius 2 is 2.05 bits per heavy atom. The summed E-state index contributed by atoms with van der Waals surface area (Å²) in [6.45, 7) is 4.62. The molecule has 2 heterocycles. The average Bonchev–Trinajstić information content (AvgIpc) is 2.94. The summed E-state index contributed by atoms with van der Waals surface area (Å²) in [6.07, 6.45) is 7.20. The van der Waals surface area contributed by atoms with Gasteiger partial charge in [-0.2, -0.15) is 5.26 Å². The standard InChI is InChI=1S/C30H32BrN5O4/c1-3-40-29(38)14-20-9-12-36(13-10-20)11-5-8-28(37)35-26-16-24-25(17-27(26)39-2)33-19-21(18-32)30(24)34-23-7-4-6-22(31)15-23/h4-8,15-17,19-20H,3,9-14H2,1-2H3,(H,33,34)(H,35,37)/b8-5+. The van der Waals surface area contributed by atoms with Gasteiger partial charge in [-0.1, -0.05) is 28.1 Å². The van der Waals surface area contributed by atoms with Crippen LogP contribution >= 0.6 is 15.9 Å². The third-order valence-electron chi connectivity index (χ3n) is 6.76. The highest BCUT2D eigenvalue weighted by Gasteiger charge is 2.21. The number of carbonyl (C=O) groups excluding carboxylic acids is 2. The highest BCUT2D eigenvalue weighted by Crippen LogP contribution is 2.36. The molecule has 3 aromatic rings. The van der Waals surface area contributed by atoms with E-state index in [0.29, 0.717) is 59.1 Å². The number of benzene rings is 2. The number of nitrogens with zero attached hydrogens (tertiary/aromatic N) is 3. The van der Waals surface area contributed by atoms with E-state index < -0.39 is 0 Å². The number of aromatic nitrogens is 1. The number of anilines is 3. The Labute approximate surface area is 242 Å². The number of nitriles is 1. The van der Waals surface area contributed by atoms with Crippen molar-refractivity contribution in [3.63, 3.8) is 0 Å². The van der Waals surface area contributed by atoms with Crippen molar-refractivity contribution in [2.45, 2.75) is 26.2 Å². The molecule has 0 bridgehead atoms. The van der Waals surface area contributed by atoms with Crippen LogP contribution in [0.15, 0.2) is 59.2 Å². The molecule has 9 nitrogen and oxygen atoms in total. The summed E-state index contributed by atoms with van der Waals surface area (Å²) in [5, 5.41) is 16.6. The fraction of sp³-hybridized carbons (Fsp3) is 0.333. The van der Waals surface area contributed by atoms with Crippen molar-refractivity contribution in [3.05, 3.63) is 64.8 Å². The van der Waals surface area contributed by atoms with Crippen LogP contribution < -0.4 is 15.4 Å². The molecule has 1 aromatic heterocycles. The first-order chi connectivity index (χ1) is 19.4. The Morgan fingerprint density at radius 1 is 1.25 bits per heavy atom. The van der Waals surface area contributed by atoms with Crippen LogP contribution in [0, 0.1) is 17.2 Å². The molecule has 2 N–H and O–H groups in total. The van der Waals surface area contributed by atoms with Crippen molar-refractivity contribution in [3.8, 4) is 11.8 Å². The van der Waals surface area contributed by atoms with Gasteiger partial charge in [0.25, 0.3) is 0 Å². The molecule has 0 unspecified atom stereocenters. The molecule has 2 aromatic carbocycles. The molecule has 10 heteroatoms. The van der Waals surface area contributed by atoms with Crippen LogP contribution in [-0.2, 0) is 14.3 Å². The summed E-state index contributed by atoms with van der Waals surface area (Å²) in [7, 11) is 1.53. The van der Waals surface area contributed by atoms with E-state index in [9.17, 15) is 14.9 Å². The van der Waals surface area contributed by atoms with Gasteiger partial charge in [0.2, 0.25) is 5.91 Å². The minimum atomic E-state index is -0.291. The lowest BCUT2D eigenvalue weighted by atomic mass is 9.93. The average molecular weight is 607 g/mol. The van der Waals surface area contributed by atoms with Crippen molar-refractivity contribution >= 4 is 55.8 Å². The van der Waals surface area contributed by atoms with Gasteiger partial charge in [0.1, 0.15) is 11.8 Å². The molecule has 1 amide bonds.